The number of halogens is 1. The average molecular weight is 284 g/mol. The molecular formula is C11H10ClN3O2S. The lowest BCUT2D eigenvalue weighted by atomic mass is 10.2. The second kappa shape index (κ2) is 4.91. The number of aromatic nitrogens is 2. The number of sulfone groups is 1. The van der Waals surface area contributed by atoms with Gasteiger partial charge in [-0.1, -0.05) is 41.9 Å². The van der Waals surface area contributed by atoms with E-state index in [0.717, 1.165) is 0 Å². The second-order valence-electron chi connectivity index (χ2n) is 3.66. The van der Waals surface area contributed by atoms with Gasteiger partial charge in [0.05, 0.1) is 5.75 Å². The Hall–Kier alpha value is -1.66. The van der Waals surface area contributed by atoms with E-state index in [-0.39, 0.29) is 21.6 Å². The Kier molecular flexibility index (Phi) is 3.49. The Morgan fingerprint density at radius 2 is 1.83 bits per heavy atom. The van der Waals surface area contributed by atoms with Crippen LogP contribution in [0, 0.1) is 0 Å². The first-order valence-electron chi connectivity index (χ1n) is 5.04. The van der Waals surface area contributed by atoms with Crippen molar-refractivity contribution < 1.29 is 8.42 Å². The smallest absolute Gasteiger partial charge is 0.186 e. The van der Waals surface area contributed by atoms with Gasteiger partial charge in [0, 0.05) is 0 Å². The van der Waals surface area contributed by atoms with E-state index in [1.807, 2.05) is 6.07 Å². The molecule has 0 spiro atoms. The summed E-state index contributed by atoms with van der Waals surface area (Å²) in [5, 5.41) is 6.99. The molecule has 0 aliphatic rings. The highest BCUT2D eigenvalue weighted by Gasteiger charge is 2.20. The van der Waals surface area contributed by atoms with Crippen LogP contribution >= 0.6 is 11.6 Å². The quantitative estimate of drug-likeness (QED) is 0.926. The molecule has 0 aliphatic heterocycles. The third-order valence-corrected chi connectivity index (χ3v) is 4.19. The fourth-order valence-electron chi connectivity index (χ4n) is 1.48. The molecular weight excluding hydrogens is 274 g/mol. The number of anilines is 1. The van der Waals surface area contributed by atoms with Gasteiger partial charge in [0.25, 0.3) is 0 Å². The van der Waals surface area contributed by atoms with Crippen LogP contribution in [0.1, 0.15) is 5.56 Å². The summed E-state index contributed by atoms with van der Waals surface area (Å²) in [5.74, 6) is -0.296. The largest absolute Gasteiger partial charge is 0.381 e. The second-order valence-corrected chi connectivity index (χ2v) is 6.01. The maximum absolute atomic E-state index is 12.2. The van der Waals surface area contributed by atoms with Crippen LogP contribution in [0.2, 0.25) is 5.15 Å². The normalized spacial score (nSPS) is 11.4. The molecule has 94 valence electrons. The zero-order chi connectivity index (χ0) is 13.2. The van der Waals surface area contributed by atoms with Gasteiger partial charge in [-0.05, 0) is 11.6 Å². The Morgan fingerprint density at radius 3 is 2.50 bits per heavy atom. The molecule has 2 rings (SSSR count). The Balaban J connectivity index is 2.40. The molecule has 0 atom stereocenters. The number of nitrogens with two attached hydrogens (primary N) is 1. The van der Waals surface area contributed by atoms with Gasteiger partial charge in [0.2, 0.25) is 0 Å². The molecule has 1 aromatic carbocycles. The standard InChI is InChI=1S/C11H10ClN3O2S/c12-10-6-9(11(13)15-14-10)18(16,17)7-8-4-2-1-3-5-8/h1-6H,7H2,(H2,13,15). The van der Waals surface area contributed by atoms with E-state index in [1.54, 1.807) is 24.3 Å². The van der Waals surface area contributed by atoms with Crippen molar-refractivity contribution in [2.75, 3.05) is 5.73 Å². The minimum Gasteiger partial charge on any atom is -0.381 e. The first-order valence-corrected chi connectivity index (χ1v) is 7.07. The molecule has 0 saturated carbocycles. The maximum Gasteiger partial charge on any atom is 0.186 e. The summed E-state index contributed by atoms with van der Waals surface area (Å²) in [5.41, 5.74) is 6.19. The van der Waals surface area contributed by atoms with E-state index in [0.29, 0.717) is 5.56 Å². The minimum atomic E-state index is -3.58. The first-order chi connectivity index (χ1) is 8.49. The van der Waals surface area contributed by atoms with Crippen molar-refractivity contribution in [3.8, 4) is 0 Å². The highest BCUT2D eigenvalue weighted by Crippen LogP contribution is 2.22. The molecule has 7 heteroatoms. The maximum atomic E-state index is 12.2. The highest BCUT2D eigenvalue weighted by atomic mass is 35.5. The Morgan fingerprint density at radius 1 is 1.17 bits per heavy atom. The van der Waals surface area contributed by atoms with Gasteiger partial charge >= 0.3 is 0 Å². The summed E-state index contributed by atoms with van der Waals surface area (Å²) >= 11 is 5.63. The number of rotatable bonds is 3. The molecule has 5 nitrogen and oxygen atoms in total. The fourth-order valence-corrected chi connectivity index (χ4v) is 3.13. The predicted molar refractivity (Wildman–Crippen MR) is 68.8 cm³/mol. The molecule has 0 unspecified atom stereocenters. The van der Waals surface area contributed by atoms with E-state index >= 15 is 0 Å². The van der Waals surface area contributed by atoms with Crippen molar-refractivity contribution in [1.82, 2.24) is 10.2 Å². The van der Waals surface area contributed by atoms with Crippen LogP contribution in [0.5, 0.6) is 0 Å². The van der Waals surface area contributed by atoms with Crippen molar-refractivity contribution in [1.29, 1.82) is 0 Å². The van der Waals surface area contributed by atoms with Crippen molar-refractivity contribution in [2.45, 2.75) is 10.6 Å². The lowest BCUT2D eigenvalue weighted by Crippen LogP contribution is -2.10. The van der Waals surface area contributed by atoms with Crippen LogP contribution < -0.4 is 5.73 Å². The number of nitrogens with zero attached hydrogens (tertiary/aromatic N) is 2. The van der Waals surface area contributed by atoms with Crippen LogP contribution in [0.15, 0.2) is 41.3 Å². The summed E-state index contributed by atoms with van der Waals surface area (Å²) in [4.78, 5) is -0.0913. The van der Waals surface area contributed by atoms with Gasteiger partial charge in [-0.15, -0.1) is 10.2 Å². The van der Waals surface area contributed by atoms with Crippen LogP contribution in [-0.4, -0.2) is 18.6 Å². The molecule has 1 heterocycles. The molecule has 18 heavy (non-hydrogen) atoms. The SMILES string of the molecule is Nc1nnc(Cl)cc1S(=O)(=O)Cc1ccccc1. The van der Waals surface area contributed by atoms with Crippen LogP contribution in [-0.2, 0) is 15.6 Å². The topological polar surface area (TPSA) is 85.9 Å². The number of hydrogen-bond donors (Lipinski definition) is 1. The lowest BCUT2D eigenvalue weighted by Gasteiger charge is -2.06. The first kappa shape index (κ1) is 12.8. The molecule has 2 aromatic rings. The van der Waals surface area contributed by atoms with Gasteiger partial charge in [-0.2, -0.15) is 0 Å². The van der Waals surface area contributed by atoms with E-state index in [1.165, 1.54) is 6.07 Å². The third-order valence-electron chi connectivity index (χ3n) is 2.29. The molecule has 0 radical (unpaired) electrons. The lowest BCUT2D eigenvalue weighted by molar-refractivity contribution is 0.595. The van der Waals surface area contributed by atoms with Gasteiger partial charge in [0.1, 0.15) is 4.90 Å². The van der Waals surface area contributed by atoms with Crippen LogP contribution in [0.3, 0.4) is 0 Å². The van der Waals surface area contributed by atoms with Gasteiger partial charge in [0.15, 0.2) is 20.8 Å². The molecule has 1 aromatic heterocycles. The summed E-state index contributed by atoms with van der Waals surface area (Å²) < 4.78 is 24.3. The average Bonchev–Trinajstić information content (AvgIpc) is 2.33. The number of nitrogen functional groups attached to an aromatic ring is 1. The molecule has 2 N–H and O–H groups in total. The minimum absolute atomic E-state index is 0.00385. The monoisotopic (exact) mass is 283 g/mol. The van der Waals surface area contributed by atoms with Crippen molar-refractivity contribution in [3.05, 3.63) is 47.1 Å². The van der Waals surface area contributed by atoms with E-state index in [9.17, 15) is 8.42 Å². The Bertz CT molecular complexity index is 659. The molecule has 0 saturated heterocycles. The van der Waals surface area contributed by atoms with Crippen molar-refractivity contribution in [2.24, 2.45) is 0 Å². The number of benzene rings is 1. The summed E-state index contributed by atoms with van der Waals surface area (Å²) in [6.07, 6.45) is 0. The van der Waals surface area contributed by atoms with Crippen molar-refractivity contribution >= 4 is 27.3 Å². The summed E-state index contributed by atoms with van der Waals surface area (Å²) in [6, 6.07) is 10.0. The Labute approximate surface area is 110 Å². The summed E-state index contributed by atoms with van der Waals surface area (Å²) in [6.45, 7) is 0. The van der Waals surface area contributed by atoms with E-state index in [2.05, 4.69) is 10.2 Å². The zero-order valence-electron chi connectivity index (χ0n) is 9.25. The van der Waals surface area contributed by atoms with Crippen molar-refractivity contribution in [3.63, 3.8) is 0 Å². The van der Waals surface area contributed by atoms with E-state index in [4.69, 9.17) is 17.3 Å². The van der Waals surface area contributed by atoms with Gasteiger partial charge in [-0.3, -0.25) is 0 Å². The van der Waals surface area contributed by atoms with Crippen LogP contribution in [0.25, 0.3) is 0 Å². The highest BCUT2D eigenvalue weighted by molar-refractivity contribution is 7.90. The van der Waals surface area contributed by atoms with E-state index < -0.39 is 9.84 Å². The zero-order valence-corrected chi connectivity index (χ0v) is 10.8. The summed E-state index contributed by atoms with van der Waals surface area (Å²) in [7, 11) is -3.58. The molecule has 0 aliphatic carbocycles. The van der Waals surface area contributed by atoms with Gasteiger partial charge in [-0.25, -0.2) is 8.42 Å². The third kappa shape index (κ3) is 2.77. The molecule has 0 bridgehead atoms. The van der Waals surface area contributed by atoms with Crippen LogP contribution in [0.4, 0.5) is 5.82 Å². The number of hydrogen-bond acceptors (Lipinski definition) is 5. The molecule has 0 fully saturated rings. The molecule has 0 amide bonds. The predicted octanol–water partition coefficient (Wildman–Crippen LogP) is 1.69. The fraction of sp³-hybridized carbons (Fsp3) is 0.0909. The van der Waals surface area contributed by atoms with Gasteiger partial charge < -0.3 is 5.73 Å².